The van der Waals surface area contributed by atoms with E-state index in [1.54, 1.807) is 0 Å². The van der Waals surface area contributed by atoms with E-state index < -0.39 is 5.97 Å². The Kier molecular flexibility index (Phi) is 3.32. The van der Waals surface area contributed by atoms with Crippen LogP contribution in [0, 0.1) is 11.3 Å². The molecule has 86 valence electrons. The predicted octanol–water partition coefficient (Wildman–Crippen LogP) is 3.60. The van der Waals surface area contributed by atoms with Crippen molar-refractivity contribution in [3.8, 4) is 0 Å². The summed E-state index contributed by atoms with van der Waals surface area (Å²) in [6.07, 6.45) is 11.4. The maximum absolute atomic E-state index is 11.6. The van der Waals surface area contributed by atoms with Crippen molar-refractivity contribution in [1.82, 2.24) is 0 Å². The van der Waals surface area contributed by atoms with Crippen LogP contribution < -0.4 is 0 Å². The van der Waals surface area contributed by atoms with Crippen LogP contribution in [-0.4, -0.2) is 11.1 Å². The molecule has 0 aromatic carbocycles. The minimum atomic E-state index is -0.503. The second-order valence-corrected chi connectivity index (χ2v) is 5.36. The van der Waals surface area contributed by atoms with Gasteiger partial charge in [-0.15, -0.1) is 0 Å². The Morgan fingerprint density at radius 2 is 1.47 bits per heavy atom. The predicted molar refractivity (Wildman–Crippen MR) is 59.7 cm³/mol. The highest BCUT2D eigenvalue weighted by Gasteiger charge is 2.46. The molecule has 2 rings (SSSR count). The second kappa shape index (κ2) is 4.54. The molecule has 0 aliphatic heterocycles. The van der Waals surface area contributed by atoms with E-state index in [1.165, 1.54) is 25.7 Å². The molecule has 2 aliphatic rings. The molecule has 2 saturated carbocycles. The average Bonchev–Trinajstić information content (AvgIpc) is 2.63. The van der Waals surface area contributed by atoms with Crippen LogP contribution in [0.5, 0.6) is 0 Å². The standard InChI is InChI=1S/C13H22O2/c14-12(15)13(11-7-3-4-8-11)9-5-1-2-6-10-13/h11H,1-10H2,(H,14,15). The first-order chi connectivity index (χ1) is 7.26. The van der Waals surface area contributed by atoms with Gasteiger partial charge >= 0.3 is 5.97 Å². The lowest BCUT2D eigenvalue weighted by Gasteiger charge is -2.34. The van der Waals surface area contributed by atoms with Gasteiger partial charge in [0.2, 0.25) is 0 Å². The van der Waals surface area contributed by atoms with Gasteiger partial charge in [0, 0.05) is 0 Å². The smallest absolute Gasteiger partial charge is 0.309 e. The first kappa shape index (κ1) is 11.0. The van der Waals surface area contributed by atoms with Crippen molar-refractivity contribution in [2.45, 2.75) is 64.2 Å². The molecule has 0 amide bonds. The Balaban J connectivity index is 2.16. The van der Waals surface area contributed by atoms with Gasteiger partial charge in [0.05, 0.1) is 5.41 Å². The molecule has 1 N–H and O–H groups in total. The number of carbonyl (C=O) groups is 1. The molecular formula is C13H22O2. The van der Waals surface area contributed by atoms with Crippen molar-refractivity contribution < 1.29 is 9.90 Å². The van der Waals surface area contributed by atoms with E-state index in [0.717, 1.165) is 38.5 Å². The second-order valence-electron chi connectivity index (χ2n) is 5.36. The van der Waals surface area contributed by atoms with Crippen molar-refractivity contribution >= 4 is 5.97 Å². The number of aliphatic carboxylic acids is 1. The van der Waals surface area contributed by atoms with Crippen LogP contribution in [0.4, 0.5) is 0 Å². The van der Waals surface area contributed by atoms with Crippen LogP contribution in [-0.2, 0) is 4.79 Å². The summed E-state index contributed by atoms with van der Waals surface area (Å²) < 4.78 is 0. The molecule has 2 aliphatic carbocycles. The molecule has 0 saturated heterocycles. The van der Waals surface area contributed by atoms with Crippen LogP contribution >= 0.6 is 0 Å². The van der Waals surface area contributed by atoms with Gasteiger partial charge in [0.1, 0.15) is 0 Å². The highest BCUT2D eigenvalue weighted by atomic mass is 16.4. The van der Waals surface area contributed by atoms with E-state index >= 15 is 0 Å². The molecule has 0 radical (unpaired) electrons. The van der Waals surface area contributed by atoms with E-state index in [2.05, 4.69) is 0 Å². The van der Waals surface area contributed by atoms with Gasteiger partial charge in [0.25, 0.3) is 0 Å². The van der Waals surface area contributed by atoms with Crippen LogP contribution in [0.15, 0.2) is 0 Å². The lowest BCUT2D eigenvalue weighted by atomic mass is 9.69. The van der Waals surface area contributed by atoms with Gasteiger partial charge in [-0.05, 0) is 31.6 Å². The van der Waals surface area contributed by atoms with Gasteiger partial charge in [-0.2, -0.15) is 0 Å². The average molecular weight is 210 g/mol. The molecule has 0 heterocycles. The van der Waals surface area contributed by atoms with Crippen molar-refractivity contribution in [3.05, 3.63) is 0 Å². The van der Waals surface area contributed by atoms with Crippen LogP contribution in [0.2, 0.25) is 0 Å². The molecule has 0 spiro atoms. The third-order valence-corrected chi connectivity index (χ3v) is 4.56. The third kappa shape index (κ3) is 2.04. The third-order valence-electron chi connectivity index (χ3n) is 4.56. The van der Waals surface area contributed by atoms with Crippen LogP contribution in [0.25, 0.3) is 0 Å². The lowest BCUT2D eigenvalue weighted by molar-refractivity contribution is -0.153. The number of hydrogen-bond acceptors (Lipinski definition) is 1. The fourth-order valence-corrected chi connectivity index (χ4v) is 3.63. The molecule has 0 unspecified atom stereocenters. The van der Waals surface area contributed by atoms with E-state index in [4.69, 9.17) is 0 Å². The van der Waals surface area contributed by atoms with Gasteiger partial charge in [-0.3, -0.25) is 4.79 Å². The fourth-order valence-electron chi connectivity index (χ4n) is 3.63. The fraction of sp³-hybridized carbons (Fsp3) is 0.923. The van der Waals surface area contributed by atoms with E-state index in [-0.39, 0.29) is 5.41 Å². The maximum atomic E-state index is 11.6. The minimum absolute atomic E-state index is 0.340. The molecule has 0 aromatic rings. The Labute approximate surface area is 92.1 Å². The molecule has 15 heavy (non-hydrogen) atoms. The monoisotopic (exact) mass is 210 g/mol. The van der Waals surface area contributed by atoms with Crippen molar-refractivity contribution in [2.75, 3.05) is 0 Å². The first-order valence-corrected chi connectivity index (χ1v) is 6.49. The summed E-state index contributed by atoms with van der Waals surface area (Å²) in [5.41, 5.74) is -0.340. The van der Waals surface area contributed by atoms with Gasteiger partial charge in [0.15, 0.2) is 0 Å². The Bertz CT molecular complexity index is 221. The number of carboxylic acids is 1. The molecule has 2 fully saturated rings. The lowest BCUT2D eigenvalue weighted by Crippen LogP contribution is -2.37. The van der Waals surface area contributed by atoms with Crippen molar-refractivity contribution in [1.29, 1.82) is 0 Å². The molecule has 0 bridgehead atoms. The molecular weight excluding hydrogens is 188 g/mol. The summed E-state index contributed by atoms with van der Waals surface area (Å²) in [7, 11) is 0. The van der Waals surface area contributed by atoms with Crippen LogP contribution in [0.3, 0.4) is 0 Å². The zero-order valence-electron chi connectivity index (χ0n) is 9.50. The molecule has 0 aromatic heterocycles. The largest absolute Gasteiger partial charge is 0.481 e. The van der Waals surface area contributed by atoms with E-state index in [0.29, 0.717) is 5.92 Å². The Morgan fingerprint density at radius 3 is 1.93 bits per heavy atom. The highest BCUT2D eigenvalue weighted by molar-refractivity contribution is 5.75. The summed E-state index contributed by atoms with van der Waals surface area (Å²) in [4.78, 5) is 11.6. The Morgan fingerprint density at radius 1 is 0.933 bits per heavy atom. The topological polar surface area (TPSA) is 37.3 Å². The summed E-state index contributed by atoms with van der Waals surface area (Å²) in [6, 6.07) is 0. The van der Waals surface area contributed by atoms with Gasteiger partial charge in [-0.1, -0.05) is 38.5 Å². The highest BCUT2D eigenvalue weighted by Crippen LogP contribution is 2.48. The van der Waals surface area contributed by atoms with Crippen molar-refractivity contribution in [2.24, 2.45) is 11.3 Å². The normalized spacial score (nSPS) is 27.5. The maximum Gasteiger partial charge on any atom is 0.309 e. The number of rotatable bonds is 2. The number of hydrogen-bond donors (Lipinski definition) is 1. The zero-order chi connectivity index (χ0) is 10.7. The molecule has 2 nitrogen and oxygen atoms in total. The summed E-state index contributed by atoms with van der Waals surface area (Å²) >= 11 is 0. The first-order valence-electron chi connectivity index (χ1n) is 6.49. The molecule has 2 heteroatoms. The number of carboxylic acid groups (broad SMARTS) is 1. The van der Waals surface area contributed by atoms with Gasteiger partial charge < -0.3 is 5.11 Å². The quantitative estimate of drug-likeness (QED) is 0.707. The van der Waals surface area contributed by atoms with Crippen molar-refractivity contribution in [3.63, 3.8) is 0 Å². The van der Waals surface area contributed by atoms with E-state index in [9.17, 15) is 9.90 Å². The van der Waals surface area contributed by atoms with Crippen LogP contribution in [0.1, 0.15) is 64.2 Å². The zero-order valence-corrected chi connectivity index (χ0v) is 9.50. The summed E-state index contributed by atoms with van der Waals surface area (Å²) in [5, 5.41) is 9.57. The summed E-state index contributed by atoms with van der Waals surface area (Å²) in [6.45, 7) is 0. The SMILES string of the molecule is O=C(O)C1(C2CCCC2)CCCCCC1. The minimum Gasteiger partial charge on any atom is -0.481 e. The Hall–Kier alpha value is -0.530. The molecule has 0 atom stereocenters. The summed E-state index contributed by atoms with van der Waals surface area (Å²) in [5.74, 6) is -0.0237. The van der Waals surface area contributed by atoms with Gasteiger partial charge in [-0.25, -0.2) is 0 Å². The van der Waals surface area contributed by atoms with E-state index in [1.807, 2.05) is 0 Å².